The highest BCUT2D eigenvalue weighted by atomic mass is 19.1. The van der Waals surface area contributed by atoms with Crippen LogP contribution in [0.5, 0.6) is 11.6 Å². The lowest BCUT2D eigenvalue weighted by Gasteiger charge is -2.18. The molecule has 6 nitrogen and oxygen atoms in total. The Morgan fingerprint density at radius 1 is 1.13 bits per heavy atom. The zero-order valence-electron chi connectivity index (χ0n) is 21.5. The molecule has 0 bridgehead atoms. The normalized spacial score (nSPS) is 18.7. The molecule has 0 spiro atoms. The minimum atomic E-state index is -0.393. The number of fused-ring (bicyclic) bond motifs is 1. The van der Waals surface area contributed by atoms with Crippen molar-refractivity contribution in [3.63, 3.8) is 0 Å². The molecule has 5 rings (SSSR count). The predicted octanol–water partition coefficient (Wildman–Crippen LogP) is 5.79. The maximum absolute atomic E-state index is 15.1. The topological polar surface area (TPSA) is 66.9 Å². The average Bonchev–Trinajstić information content (AvgIpc) is 3.60. The largest absolute Gasteiger partial charge is 0.486 e. The van der Waals surface area contributed by atoms with E-state index in [1.54, 1.807) is 13.1 Å². The van der Waals surface area contributed by atoms with Crippen LogP contribution in [0.2, 0.25) is 0 Å². The van der Waals surface area contributed by atoms with Crippen LogP contribution in [-0.2, 0) is 20.7 Å². The highest BCUT2D eigenvalue weighted by Gasteiger charge is 2.30. The Hall–Kier alpha value is -3.89. The second-order valence-corrected chi connectivity index (χ2v) is 9.42. The van der Waals surface area contributed by atoms with Crippen molar-refractivity contribution < 1.29 is 28.1 Å². The second kappa shape index (κ2) is 11.7. The molecule has 1 saturated heterocycles. The molecule has 3 atom stereocenters. The van der Waals surface area contributed by atoms with E-state index in [2.05, 4.69) is 16.8 Å². The van der Waals surface area contributed by atoms with Crippen LogP contribution in [0.4, 0.5) is 4.39 Å². The lowest BCUT2D eigenvalue weighted by Crippen LogP contribution is -2.16. The highest BCUT2D eigenvalue weighted by molar-refractivity contribution is 5.71. The van der Waals surface area contributed by atoms with E-state index in [1.807, 2.05) is 42.5 Å². The van der Waals surface area contributed by atoms with E-state index in [1.165, 1.54) is 13.2 Å². The molecule has 2 aromatic carbocycles. The molecule has 2 aliphatic rings. The molecular formula is C31H30FNO5. The number of esters is 1. The summed E-state index contributed by atoms with van der Waals surface area (Å²) >= 11 is 0. The van der Waals surface area contributed by atoms with Gasteiger partial charge >= 0.3 is 5.97 Å². The number of benzene rings is 2. The Morgan fingerprint density at radius 3 is 2.66 bits per heavy atom. The second-order valence-electron chi connectivity index (χ2n) is 9.42. The van der Waals surface area contributed by atoms with Gasteiger partial charge in [-0.3, -0.25) is 4.79 Å². The van der Waals surface area contributed by atoms with Gasteiger partial charge in [-0.25, -0.2) is 9.37 Å². The van der Waals surface area contributed by atoms with Crippen molar-refractivity contribution in [2.45, 2.75) is 50.7 Å². The highest BCUT2D eigenvalue weighted by Crippen LogP contribution is 2.42. The molecule has 7 heteroatoms. The number of hydrogen-bond acceptors (Lipinski definition) is 6. The molecule has 1 aromatic heterocycles. The number of nitrogens with zero attached hydrogens (tertiary/aromatic N) is 1. The van der Waals surface area contributed by atoms with Crippen LogP contribution in [0.15, 0.2) is 54.7 Å². The van der Waals surface area contributed by atoms with Crippen LogP contribution < -0.4 is 9.47 Å². The Labute approximate surface area is 222 Å². The van der Waals surface area contributed by atoms with E-state index in [0.29, 0.717) is 43.2 Å². The van der Waals surface area contributed by atoms with Gasteiger partial charge in [-0.05, 0) is 60.7 Å². The smallest absolute Gasteiger partial charge is 0.307 e. The molecule has 0 radical (unpaired) electrons. The zero-order chi connectivity index (χ0) is 26.5. The van der Waals surface area contributed by atoms with Crippen LogP contribution >= 0.6 is 0 Å². The number of rotatable bonds is 8. The van der Waals surface area contributed by atoms with Gasteiger partial charge in [-0.1, -0.05) is 24.1 Å². The number of halogens is 1. The fourth-order valence-corrected chi connectivity index (χ4v) is 5.07. The van der Waals surface area contributed by atoms with Crippen LogP contribution in [0.25, 0.3) is 11.1 Å². The van der Waals surface area contributed by atoms with E-state index >= 15 is 4.39 Å². The van der Waals surface area contributed by atoms with E-state index in [4.69, 9.17) is 18.9 Å². The van der Waals surface area contributed by atoms with Crippen LogP contribution in [0.1, 0.15) is 54.9 Å². The van der Waals surface area contributed by atoms with Crippen molar-refractivity contribution in [3.8, 4) is 34.6 Å². The first kappa shape index (κ1) is 25.7. The van der Waals surface area contributed by atoms with Gasteiger partial charge in [-0.2, -0.15) is 0 Å². The zero-order valence-corrected chi connectivity index (χ0v) is 21.5. The van der Waals surface area contributed by atoms with Crippen LogP contribution in [0.3, 0.4) is 0 Å². The maximum Gasteiger partial charge on any atom is 0.307 e. The fraction of sp³-hybridized carbons (Fsp3) is 0.355. The van der Waals surface area contributed by atoms with Gasteiger partial charge in [0.2, 0.25) is 5.88 Å². The van der Waals surface area contributed by atoms with Gasteiger partial charge < -0.3 is 18.9 Å². The van der Waals surface area contributed by atoms with E-state index in [9.17, 15) is 4.79 Å². The molecule has 1 fully saturated rings. The van der Waals surface area contributed by atoms with Crippen molar-refractivity contribution in [2.75, 3.05) is 20.3 Å². The van der Waals surface area contributed by atoms with Crippen LogP contribution in [0, 0.1) is 17.7 Å². The van der Waals surface area contributed by atoms with E-state index < -0.39 is 6.10 Å². The first-order valence-corrected chi connectivity index (χ1v) is 12.8. The summed E-state index contributed by atoms with van der Waals surface area (Å²) in [5.74, 6) is 6.29. The molecule has 38 heavy (non-hydrogen) atoms. The third-order valence-corrected chi connectivity index (χ3v) is 6.98. The molecule has 0 amide bonds. The van der Waals surface area contributed by atoms with Gasteiger partial charge in [0.25, 0.3) is 0 Å². The average molecular weight is 516 g/mol. The van der Waals surface area contributed by atoms with Crippen molar-refractivity contribution in [3.05, 3.63) is 77.2 Å². The summed E-state index contributed by atoms with van der Waals surface area (Å²) in [6.45, 7) is 3.04. The Morgan fingerprint density at radius 2 is 1.97 bits per heavy atom. The third-order valence-electron chi connectivity index (χ3n) is 6.98. The summed E-state index contributed by atoms with van der Waals surface area (Å²) in [6, 6.07) is 14.6. The Balaban J connectivity index is 1.32. The summed E-state index contributed by atoms with van der Waals surface area (Å²) in [7, 11) is 1.37. The maximum atomic E-state index is 15.1. The lowest BCUT2D eigenvalue weighted by atomic mass is 9.96. The van der Waals surface area contributed by atoms with Gasteiger partial charge in [-0.15, -0.1) is 5.92 Å². The summed E-state index contributed by atoms with van der Waals surface area (Å²) in [5.41, 5.74) is 4.31. The summed E-state index contributed by atoms with van der Waals surface area (Å²) in [4.78, 5) is 16.2. The van der Waals surface area contributed by atoms with Crippen molar-refractivity contribution in [1.29, 1.82) is 0 Å². The van der Waals surface area contributed by atoms with Crippen molar-refractivity contribution in [2.24, 2.45) is 0 Å². The summed E-state index contributed by atoms with van der Waals surface area (Å²) in [5, 5.41) is 0. The monoisotopic (exact) mass is 515 g/mol. The number of ether oxygens (including phenoxy) is 4. The van der Waals surface area contributed by atoms with Crippen LogP contribution in [-0.4, -0.2) is 37.4 Å². The first-order chi connectivity index (χ1) is 18.6. The number of carbonyl (C=O) groups excluding carboxylic acids is 1. The number of hydrogen-bond donors (Lipinski definition) is 0. The van der Waals surface area contributed by atoms with Gasteiger partial charge in [0, 0.05) is 29.8 Å². The molecule has 0 unspecified atom stereocenters. The Bertz CT molecular complexity index is 1340. The lowest BCUT2D eigenvalue weighted by molar-refractivity contribution is -0.140. The predicted molar refractivity (Wildman–Crippen MR) is 140 cm³/mol. The number of methoxy groups -OCH3 is 1. The molecule has 0 saturated carbocycles. The molecule has 1 aliphatic carbocycles. The standard InChI is InChI=1S/C31H30FNO5/c1-3-4-21(17-30(34)35-2)20-5-8-23(9-6-20)37-28-13-11-26-25(10-12-27(32)31(26)28)22-7-14-29(33-18-22)38-24-15-16-36-19-24/h5-10,12,14,18,21,24,28H,11,13,15-17,19H2,1-2H3/t21-,24+,28+/m0/s1. The fourth-order valence-electron chi connectivity index (χ4n) is 5.07. The number of pyridine rings is 1. The van der Waals surface area contributed by atoms with Gasteiger partial charge in [0.15, 0.2) is 0 Å². The molecular weight excluding hydrogens is 485 g/mol. The third kappa shape index (κ3) is 5.66. The van der Waals surface area contributed by atoms with E-state index in [0.717, 1.165) is 28.7 Å². The van der Waals surface area contributed by atoms with Gasteiger partial charge in [0.1, 0.15) is 23.8 Å². The molecule has 1 aliphatic heterocycles. The first-order valence-electron chi connectivity index (χ1n) is 12.8. The van der Waals surface area contributed by atoms with Gasteiger partial charge in [0.05, 0.1) is 32.7 Å². The number of aromatic nitrogens is 1. The Kier molecular flexibility index (Phi) is 7.90. The van der Waals surface area contributed by atoms with Crippen molar-refractivity contribution in [1.82, 2.24) is 4.98 Å². The number of carbonyl (C=O) groups is 1. The molecule has 2 heterocycles. The molecule has 196 valence electrons. The van der Waals surface area contributed by atoms with Crippen molar-refractivity contribution >= 4 is 5.97 Å². The SMILES string of the molecule is CC#C[C@@H](CC(=O)OC)c1ccc(O[C@@H]2CCc3c(-c4ccc(O[C@@H]5CCOC5)nc4)ccc(F)c32)cc1. The molecule has 0 N–H and O–H groups in total. The summed E-state index contributed by atoms with van der Waals surface area (Å²) in [6.07, 6.45) is 3.83. The minimum Gasteiger partial charge on any atom is -0.486 e. The quantitative estimate of drug-likeness (QED) is 0.279. The van der Waals surface area contributed by atoms with E-state index in [-0.39, 0.29) is 30.2 Å². The summed E-state index contributed by atoms with van der Waals surface area (Å²) < 4.78 is 37.3. The minimum absolute atomic E-state index is 0.0358. The molecule has 3 aromatic rings.